The monoisotopic (exact) mass is 711 g/mol. The molecule has 283 valence electrons. The van der Waals surface area contributed by atoms with Crippen LogP contribution < -0.4 is 0 Å². The molecule has 10 nitrogen and oxygen atoms in total. The Morgan fingerprint density at radius 2 is 1.88 bits per heavy atom. The lowest BCUT2D eigenvalue weighted by Crippen LogP contribution is -2.55. The molecule has 4 N–H and O–H groups in total. The standard InChI is InChI=1S/C41H59O10/c1-27(2)21-34(44)29(4)25-48-40(47)33(43)18-13-14-19-37-41(6,26-42)38-24-32(50-37)17-10-7-9-15-28(3)22-36-30(5)35(45)23-31(49-36)16-11-8-12-20-39(46)51-38/h8-15,17,20,22,24,27,30-38,42-45H,4,7,16,18-19,21,23,25-26H2,1-3,5-6H3/b11-8+,14-13-,15-9+,17-10+,20-12+,28-22-/t30-,31+,32-,33?,34?,35+,36-,37+,38-,41+/m1/s1. The van der Waals surface area contributed by atoms with Crippen molar-refractivity contribution in [3.63, 3.8) is 0 Å². The molecule has 3 aliphatic heterocycles. The number of ether oxygens (including phenoxy) is 4. The minimum Gasteiger partial charge on any atom is -0.459 e. The predicted molar refractivity (Wildman–Crippen MR) is 196 cm³/mol. The van der Waals surface area contributed by atoms with Crippen LogP contribution in [0.3, 0.4) is 0 Å². The lowest BCUT2D eigenvalue weighted by atomic mass is 9.73. The SMILES string of the molecule is C=C(COC(=O)C(O)C/C=C\C[C@@H]1O[C@H]2[CH][C@@H](OC(=O)/C=C/C=C/C[C@H]3C[C@H](O)[C@@H](C)[C@@H](/C=C(C)\C=C\C/C=C/2)O3)[C@@]1(C)CO)C(O)CC(C)C. The van der Waals surface area contributed by atoms with Gasteiger partial charge in [0.1, 0.15) is 12.7 Å². The third kappa shape index (κ3) is 13.4. The van der Waals surface area contributed by atoms with Crippen molar-refractivity contribution in [3.8, 4) is 0 Å². The Hall–Kier alpha value is -3.12. The van der Waals surface area contributed by atoms with E-state index in [2.05, 4.69) is 6.58 Å². The van der Waals surface area contributed by atoms with Gasteiger partial charge in [-0.3, -0.25) is 0 Å². The molecule has 3 heterocycles. The van der Waals surface area contributed by atoms with E-state index < -0.39 is 54.0 Å². The van der Waals surface area contributed by atoms with Gasteiger partial charge in [0.05, 0.1) is 48.6 Å². The fraction of sp³-hybridized carbons (Fsp3) is 0.585. The molecule has 2 fully saturated rings. The van der Waals surface area contributed by atoms with Crippen LogP contribution in [0.25, 0.3) is 0 Å². The topological polar surface area (TPSA) is 152 Å². The average Bonchev–Trinajstić information content (AvgIpc) is 3.07. The van der Waals surface area contributed by atoms with E-state index in [9.17, 15) is 30.0 Å². The lowest BCUT2D eigenvalue weighted by molar-refractivity contribution is -0.180. The number of rotatable bonds is 11. The summed E-state index contributed by atoms with van der Waals surface area (Å²) < 4.78 is 23.7. The zero-order valence-corrected chi connectivity index (χ0v) is 30.8. The van der Waals surface area contributed by atoms with E-state index in [1.54, 1.807) is 37.6 Å². The van der Waals surface area contributed by atoms with Crippen molar-refractivity contribution < 1.29 is 49.0 Å². The highest BCUT2D eigenvalue weighted by Crippen LogP contribution is 2.40. The van der Waals surface area contributed by atoms with Crippen molar-refractivity contribution in [1.82, 2.24) is 0 Å². The largest absolute Gasteiger partial charge is 0.459 e. The van der Waals surface area contributed by atoms with Gasteiger partial charge in [0, 0.05) is 31.3 Å². The van der Waals surface area contributed by atoms with Gasteiger partial charge in [-0.15, -0.1) is 0 Å². The van der Waals surface area contributed by atoms with E-state index in [-0.39, 0.29) is 43.7 Å². The molecule has 0 aliphatic carbocycles. The molecule has 3 rings (SSSR count). The number of aliphatic hydroxyl groups is 4. The fourth-order valence-corrected chi connectivity index (χ4v) is 6.19. The highest BCUT2D eigenvalue weighted by atomic mass is 16.6. The first-order valence-corrected chi connectivity index (χ1v) is 18.1. The maximum absolute atomic E-state index is 12.9. The Morgan fingerprint density at radius 3 is 2.61 bits per heavy atom. The summed E-state index contributed by atoms with van der Waals surface area (Å²) in [6.07, 6.45) is 19.3. The average molecular weight is 712 g/mol. The smallest absolute Gasteiger partial charge is 0.335 e. The predicted octanol–water partition coefficient (Wildman–Crippen LogP) is 5.19. The van der Waals surface area contributed by atoms with Gasteiger partial charge >= 0.3 is 11.9 Å². The number of hydrogen-bond donors (Lipinski definition) is 4. The number of carbonyl (C=O) groups is 2. The highest BCUT2D eigenvalue weighted by Gasteiger charge is 2.49. The molecule has 0 aromatic carbocycles. The van der Waals surface area contributed by atoms with E-state index in [4.69, 9.17) is 18.9 Å². The van der Waals surface area contributed by atoms with Crippen molar-refractivity contribution in [3.05, 3.63) is 91.0 Å². The summed E-state index contributed by atoms with van der Waals surface area (Å²) in [7, 11) is 0. The van der Waals surface area contributed by atoms with Gasteiger partial charge in [-0.2, -0.15) is 0 Å². The first-order chi connectivity index (χ1) is 24.2. The minimum atomic E-state index is -1.41. The van der Waals surface area contributed by atoms with Crippen LogP contribution in [0, 0.1) is 23.7 Å². The van der Waals surface area contributed by atoms with E-state index in [1.807, 2.05) is 64.2 Å². The number of fused-ring (bicyclic) bond motifs is 4. The molecule has 3 aliphatic rings. The minimum absolute atomic E-state index is 0.0120. The summed E-state index contributed by atoms with van der Waals surface area (Å²) in [6.45, 7) is 13.0. The first kappa shape index (κ1) is 42.3. The second-order valence-electron chi connectivity index (χ2n) is 14.6. The van der Waals surface area contributed by atoms with Crippen molar-refractivity contribution in [2.24, 2.45) is 17.3 Å². The van der Waals surface area contributed by atoms with Gasteiger partial charge in [-0.25, -0.2) is 9.59 Å². The fourth-order valence-electron chi connectivity index (χ4n) is 6.19. The summed E-state index contributed by atoms with van der Waals surface area (Å²) in [5.41, 5.74) is 0.411. The van der Waals surface area contributed by atoms with Crippen LogP contribution >= 0.6 is 0 Å². The molecule has 2 saturated heterocycles. The zero-order valence-electron chi connectivity index (χ0n) is 30.8. The first-order valence-electron chi connectivity index (χ1n) is 18.1. The molecule has 10 atom stereocenters. The quantitative estimate of drug-likeness (QED) is 0.167. The van der Waals surface area contributed by atoms with Crippen LogP contribution in [0.1, 0.15) is 73.1 Å². The number of hydrogen-bond acceptors (Lipinski definition) is 10. The van der Waals surface area contributed by atoms with Crippen LogP contribution in [0.5, 0.6) is 0 Å². The normalized spacial score (nSPS) is 35.5. The van der Waals surface area contributed by atoms with Crippen LogP contribution in [0.4, 0.5) is 0 Å². The molecule has 10 heteroatoms. The van der Waals surface area contributed by atoms with Crippen molar-refractivity contribution in [1.29, 1.82) is 0 Å². The van der Waals surface area contributed by atoms with Gasteiger partial charge in [0.25, 0.3) is 0 Å². The van der Waals surface area contributed by atoms with E-state index in [1.165, 1.54) is 6.08 Å². The molecule has 0 aromatic rings. The highest BCUT2D eigenvalue weighted by molar-refractivity contribution is 5.82. The zero-order chi connectivity index (χ0) is 37.6. The maximum atomic E-state index is 12.9. The number of allylic oxidation sites excluding steroid dienone is 6. The summed E-state index contributed by atoms with van der Waals surface area (Å²) in [4.78, 5) is 25.3. The Morgan fingerprint density at radius 1 is 1.12 bits per heavy atom. The van der Waals surface area contributed by atoms with Crippen LogP contribution in [-0.4, -0.2) is 94.4 Å². The van der Waals surface area contributed by atoms with E-state index in [0.29, 0.717) is 37.7 Å². The third-order valence-electron chi connectivity index (χ3n) is 9.63. The summed E-state index contributed by atoms with van der Waals surface area (Å²) in [5.74, 6) is -1.17. The second-order valence-corrected chi connectivity index (χ2v) is 14.6. The van der Waals surface area contributed by atoms with Gasteiger partial charge < -0.3 is 39.4 Å². The van der Waals surface area contributed by atoms with Crippen LogP contribution in [0.15, 0.2) is 84.6 Å². The molecule has 1 radical (unpaired) electrons. The molecule has 51 heavy (non-hydrogen) atoms. The van der Waals surface area contributed by atoms with Gasteiger partial charge in [-0.1, -0.05) is 101 Å². The number of esters is 2. The van der Waals surface area contributed by atoms with E-state index in [0.717, 1.165) is 5.57 Å². The molecule has 2 unspecified atom stereocenters. The van der Waals surface area contributed by atoms with Gasteiger partial charge in [0.15, 0.2) is 6.10 Å². The van der Waals surface area contributed by atoms with Crippen molar-refractivity contribution in [2.75, 3.05) is 13.2 Å². The molecule has 0 amide bonds. The number of aliphatic hydroxyl groups excluding tert-OH is 4. The Labute approximate surface area is 303 Å². The Kier molecular flexibility index (Phi) is 17.2. The summed E-state index contributed by atoms with van der Waals surface area (Å²) in [6, 6.07) is 0. The molecule has 0 saturated carbocycles. The Balaban J connectivity index is 1.71. The molecule has 0 aromatic heterocycles. The summed E-state index contributed by atoms with van der Waals surface area (Å²) in [5, 5.41) is 41.7. The second kappa shape index (κ2) is 20.8. The molecule has 4 bridgehead atoms. The molecular weight excluding hydrogens is 652 g/mol. The van der Waals surface area contributed by atoms with Gasteiger partial charge in [0.2, 0.25) is 0 Å². The maximum Gasteiger partial charge on any atom is 0.335 e. The van der Waals surface area contributed by atoms with Gasteiger partial charge in [-0.05, 0) is 44.1 Å². The lowest BCUT2D eigenvalue weighted by Gasteiger charge is -2.47. The van der Waals surface area contributed by atoms with Crippen LogP contribution in [-0.2, 0) is 28.5 Å². The van der Waals surface area contributed by atoms with E-state index >= 15 is 0 Å². The Bertz CT molecular complexity index is 1330. The van der Waals surface area contributed by atoms with Crippen LogP contribution in [0.2, 0.25) is 0 Å². The molecule has 0 spiro atoms. The number of carbonyl (C=O) groups excluding carboxylic acids is 2. The van der Waals surface area contributed by atoms with Crippen molar-refractivity contribution in [2.45, 2.75) is 122 Å². The third-order valence-corrected chi connectivity index (χ3v) is 9.63. The molecular formula is C41H59O10. The van der Waals surface area contributed by atoms with Crippen molar-refractivity contribution >= 4 is 11.9 Å². The summed E-state index contributed by atoms with van der Waals surface area (Å²) >= 11 is 0.